The Morgan fingerprint density at radius 2 is 2.07 bits per heavy atom. The lowest BCUT2D eigenvalue weighted by atomic mass is 9.87. The van der Waals surface area contributed by atoms with Crippen molar-refractivity contribution in [1.82, 2.24) is 5.32 Å². The molecule has 15 heavy (non-hydrogen) atoms. The summed E-state index contributed by atoms with van der Waals surface area (Å²) in [5, 5.41) is 3.34. The zero-order valence-corrected chi connectivity index (χ0v) is 10.4. The van der Waals surface area contributed by atoms with E-state index in [1.165, 1.54) is 12.8 Å². The quantitative estimate of drug-likeness (QED) is 0.758. The molecule has 1 saturated heterocycles. The van der Waals surface area contributed by atoms with Gasteiger partial charge in [-0.3, -0.25) is 4.79 Å². The summed E-state index contributed by atoms with van der Waals surface area (Å²) in [6.45, 7) is 6.82. The molecule has 3 nitrogen and oxygen atoms in total. The number of nitrogens with one attached hydrogen (secondary N) is 1. The minimum Gasteiger partial charge on any atom is -0.465 e. The third-order valence-electron chi connectivity index (χ3n) is 2.98. The monoisotopic (exact) mass is 235 g/mol. The molecule has 0 bridgehead atoms. The molecule has 1 aliphatic heterocycles. The summed E-state index contributed by atoms with van der Waals surface area (Å²) in [7, 11) is 0. The second-order valence-electron chi connectivity index (χ2n) is 4.10. The maximum atomic E-state index is 11.0. The molecule has 0 aliphatic carbocycles. The first-order valence-corrected chi connectivity index (χ1v) is 5.60. The van der Waals surface area contributed by atoms with Gasteiger partial charge >= 0.3 is 5.97 Å². The molecule has 1 N–H and O–H groups in total. The van der Waals surface area contributed by atoms with Gasteiger partial charge in [0.2, 0.25) is 0 Å². The number of ether oxygens (including phenoxy) is 1. The average molecular weight is 236 g/mol. The highest BCUT2D eigenvalue weighted by atomic mass is 35.5. The maximum absolute atomic E-state index is 11.0. The molecular formula is C11H22ClNO2. The van der Waals surface area contributed by atoms with Gasteiger partial charge in [-0.05, 0) is 37.8 Å². The lowest BCUT2D eigenvalue weighted by Crippen LogP contribution is -2.32. The van der Waals surface area contributed by atoms with Gasteiger partial charge in [-0.1, -0.05) is 13.8 Å². The fourth-order valence-electron chi connectivity index (χ4n) is 1.88. The maximum Gasteiger partial charge on any atom is 0.305 e. The molecule has 0 aromatic carbocycles. The Hall–Kier alpha value is -0.280. The van der Waals surface area contributed by atoms with Gasteiger partial charge in [0, 0.05) is 6.42 Å². The average Bonchev–Trinajstić information content (AvgIpc) is 2.26. The number of rotatable bonds is 4. The molecule has 0 radical (unpaired) electrons. The van der Waals surface area contributed by atoms with E-state index < -0.39 is 0 Å². The number of carbonyl (C=O) groups excluding carboxylic acids is 1. The van der Waals surface area contributed by atoms with Crippen LogP contribution in [0.1, 0.15) is 33.1 Å². The predicted octanol–water partition coefficient (Wildman–Crippen LogP) is 2.00. The summed E-state index contributed by atoms with van der Waals surface area (Å²) >= 11 is 0. The van der Waals surface area contributed by atoms with Gasteiger partial charge in [0.25, 0.3) is 0 Å². The van der Waals surface area contributed by atoms with Crippen molar-refractivity contribution in [1.29, 1.82) is 0 Å². The molecule has 0 amide bonds. The first kappa shape index (κ1) is 14.7. The Morgan fingerprint density at radius 1 is 1.47 bits per heavy atom. The van der Waals surface area contributed by atoms with Crippen LogP contribution < -0.4 is 5.32 Å². The molecule has 1 heterocycles. The van der Waals surface area contributed by atoms with Crippen LogP contribution in [0.4, 0.5) is 0 Å². The van der Waals surface area contributed by atoms with Gasteiger partial charge in [0.1, 0.15) is 0 Å². The van der Waals surface area contributed by atoms with Crippen molar-refractivity contribution in [2.75, 3.05) is 19.7 Å². The largest absolute Gasteiger partial charge is 0.465 e. The lowest BCUT2D eigenvalue weighted by Gasteiger charge is -2.27. The van der Waals surface area contributed by atoms with Crippen LogP contribution in [0, 0.1) is 11.8 Å². The SMILES string of the molecule is CCC(=O)OCC(C)C1CCNCC1.Cl. The van der Waals surface area contributed by atoms with Crippen molar-refractivity contribution in [3.63, 3.8) is 0 Å². The van der Waals surface area contributed by atoms with Gasteiger partial charge in [0.05, 0.1) is 6.61 Å². The van der Waals surface area contributed by atoms with E-state index in [1.807, 2.05) is 6.92 Å². The minimum absolute atomic E-state index is 0. The first-order valence-electron chi connectivity index (χ1n) is 5.60. The molecule has 90 valence electrons. The Labute approximate surface area is 98.4 Å². The molecule has 1 rings (SSSR count). The van der Waals surface area contributed by atoms with Crippen molar-refractivity contribution >= 4 is 18.4 Å². The number of hydrogen-bond donors (Lipinski definition) is 1. The Morgan fingerprint density at radius 3 is 2.60 bits per heavy atom. The normalized spacial score (nSPS) is 19.1. The van der Waals surface area contributed by atoms with Crippen molar-refractivity contribution in [3.05, 3.63) is 0 Å². The predicted molar refractivity (Wildman–Crippen MR) is 63.3 cm³/mol. The molecule has 0 aromatic heterocycles. The molecule has 1 unspecified atom stereocenters. The Balaban J connectivity index is 0.00000196. The van der Waals surface area contributed by atoms with Crippen LogP contribution in [0.25, 0.3) is 0 Å². The first-order chi connectivity index (χ1) is 6.74. The number of esters is 1. The Kier molecular flexibility index (Phi) is 7.79. The van der Waals surface area contributed by atoms with E-state index in [0.29, 0.717) is 18.9 Å². The molecule has 1 aliphatic rings. The standard InChI is InChI=1S/C11H21NO2.ClH/c1-3-11(13)14-8-9(2)10-4-6-12-7-5-10;/h9-10,12H,3-8H2,1-2H3;1H. The second-order valence-corrected chi connectivity index (χ2v) is 4.10. The zero-order valence-electron chi connectivity index (χ0n) is 9.62. The van der Waals surface area contributed by atoms with Crippen LogP contribution in [0.5, 0.6) is 0 Å². The molecule has 1 atom stereocenters. The fourth-order valence-corrected chi connectivity index (χ4v) is 1.88. The van der Waals surface area contributed by atoms with Crippen LogP contribution in [-0.4, -0.2) is 25.7 Å². The van der Waals surface area contributed by atoms with Crippen molar-refractivity contribution in [2.24, 2.45) is 11.8 Å². The van der Waals surface area contributed by atoms with E-state index in [1.54, 1.807) is 0 Å². The van der Waals surface area contributed by atoms with E-state index in [2.05, 4.69) is 12.2 Å². The third kappa shape index (κ3) is 5.38. The van der Waals surface area contributed by atoms with Gasteiger partial charge in [-0.25, -0.2) is 0 Å². The number of hydrogen-bond acceptors (Lipinski definition) is 3. The molecule has 0 saturated carbocycles. The molecule has 1 fully saturated rings. The fraction of sp³-hybridized carbons (Fsp3) is 0.909. The summed E-state index contributed by atoms with van der Waals surface area (Å²) < 4.78 is 5.15. The Bertz CT molecular complexity index is 181. The summed E-state index contributed by atoms with van der Waals surface area (Å²) in [5.74, 6) is 1.15. The van der Waals surface area contributed by atoms with Crippen molar-refractivity contribution in [2.45, 2.75) is 33.1 Å². The van der Waals surface area contributed by atoms with Crippen molar-refractivity contribution in [3.8, 4) is 0 Å². The van der Waals surface area contributed by atoms with Gasteiger partial charge in [-0.2, -0.15) is 0 Å². The topological polar surface area (TPSA) is 38.3 Å². The van der Waals surface area contributed by atoms with Crippen LogP contribution in [-0.2, 0) is 9.53 Å². The number of piperidine rings is 1. The highest BCUT2D eigenvalue weighted by molar-refractivity contribution is 5.85. The summed E-state index contributed by atoms with van der Waals surface area (Å²) in [6, 6.07) is 0. The van der Waals surface area contributed by atoms with Gasteiger partial charge in [0.15, 0.2) is 0 Å². The van der Waals surface area contributed by atoms with Crippen molar-refractivity contribution < 1.29 is 9.53 Å². The van der Waals surface area contributed by atoms with E-state index >= 15 is 0 Å². The summed E-state index contributed by atoms with van der Waals surface area (Å²) in [5.41, 5.74) is 0. The van der Waals surface area contributed by atoms with Crippen LogP contribution in [0.3, 0.4) is 0 Å². The zero-order chi connectivity index (χ0) is 10.4. The van der Waals surface area contributed by atoms with Gasteiger partial charge < -0.3 is 10.1 Å². The lowest BCUT2D eigenvalue weighted by molar-refractivity contribution is -0.145. The smallest absolute Gasteiger partial charge is 0.305 e. The third-order valence-corrected chi connectivity index (χ3v) is 2.98. The highest BCUT2D eigenvalue weighted by Crippen LogP contribution is 2.21. The minimum atomic E-state index is -0.0780. The van der Waals surface area contributed by atoms with E-state index in [4.69, 9.17) is 4.74 Å². The van der Waals surface area contributed by atoms with E-state index in [9.17, 15) is 4.79 Å². The molecule has 0 spiro atoms. The molecule has 4 heteroatoms. The highest BCUT2D eigenvalue weighted by Gasteiger charge is 2.20. The number of halogens is 1. The van der Waals surface area contributed by atoms with Crippen LogP contribution in [0.2, 0.25) is 0 Å². The van der Waals surface area contributed by atoms with Gasteiger partial charge in [-0.15, -0.1) is 12.4 Å². The second kappa shape index (κ2) is 7.94. The van der Waals surface area contributed by atoms with Crippen LogP contribution in [0.15, 0.2) is 0 Å². The van der Waals surface area contributed by atoms with E-state index in [0.717, 1.165) is 19.0 Å². The summed E-state index contributed by atoms with van der Waals surface area (Å²) in [4.78, 5) is 11.0. The van der Waals surface area contributed by atoms with E-state index in [-0.39, 0.29) is 18.4 Å². The summed E-state index contributed by atoms with van der Waals surface area (Å²) in [6.07, 6.45) is 2.91. The van der Waals surface area contributed by atoms with Crippen LogP contribution >= 0.6 is 12.4 Å². The molecule has 0 aromatic rings. The molecular weight excluding hydrogens is 214 g/mol. The number of carbonyl (C=O) groups is 1.